The lowest BCUT2D eigenvalue weighted by Crippen LogP contribution is -2.37. The van der Waals surface area contributed by atoms with Gasteiger partial charge in [0.1, 0.15) is 4.88 Å². The van der Waals surface area contributed by atoms with Crippen molar-refractivity contribution in [2.45, 2.75) is 19.9 Å². The number of carbonyl (C=O) groups is 1. The molecule has 1 heterocycles. The molecule has 1 aromatic rings. The zero-order valence-corrected chi connectivity index (χ0v) is 10.6. The molecule has 0 aliphatic carbocycles. The lowest BCUT2D eigenvalue weighted by Gasteiger charge is -2.18. The third-order valence-corrected chi connectivity index (χ3v) is 3.90. The highest BCUT2D eigenvalue weighted by Gasteiger charge is 2.15. The van der Waals surface area contributed by atoms with E-state index in [-0.39, 0.29) is 11.9 Å². The number of thiazole rings is 1. The maximum Gasteiger partial charge on any atom is 0.263 e. The fourth-order valence-corrected chi connectivity index (χ4v) is 1.97. The SMILES string of the molecule is CC(CBr)C(C)NC(=O)c1cncs1. The molecular weight excluding hydrogens is 264 g/mol. The zero-order chi connectivity index (χ0) is 10.6. The van der Waals surface area contributed by atoms with E-state index in [1.54, 1.807) is 11.7 Å². The molecule has 1 amide bonds. The minimum absolute atomic E-state index is 0.0344. The van der Waals surface area contributed by atoms with E-state index in [4.69, 9.17) is 0 Å². The van der Waals surface area contributed by atoms with Crippen molar-refractivity contribution in [1.82, 2.24) is 10.3 Å². The van der Waals surface area contributed by atoms with Crippen molar-refractivity contribution in [1.29, 1.82) is 0 Å². The van der Waals surface area contributed by atoms with Gasteiger partial charge >= 0.3 is 0 Å². The standard InChI is InChI=1S/C9H13BrN2OS/c1-6(3-10)7(2)12-9(13)8-4-11-5-14-8/h4-7H,3H2,1-2H3,(H,12,13). The molecule has 0 aliphatic heterocycles. The van der Waals surface area contributed by atoms with E-state index in [2.05, 4.69) is 33.2 Å². The molecular formula is C9H13BrN2OS. The minimum atomic E-state index is -0.0344. The van der Waals surface area contributed by atoms with Crippen molar-refractivity contribution in [3.63, 3.8) is 0 Å². The van der Waals surface area contributed by atoms with Gasteiger partial charge in [0.15, 0.2) is 0 Å². The third kappa shape index (κ3) is 3.06. The van der Waals surface area contributed by atoms with Gasteiger partial charge in [-0.25, -0.2) is 0 Å². The molecule has 2 atom stereocenters. The number of halogens is 1. The first kappa shape index (κ1) is 11.7. The second-order valence-electron chi connectivity index (χ2n) is 3.26. The molecule has 0 radical (unpaired) electrons. The van der Waals surface area contributed by atoms with E-state index in [0.29, 0.717) is 10.8 Å². The van der Waals surface area contributed by atoms with Crippen LogP contribution in [0, 0.1) is 5.92 Å². The zero-order valence-electron chi connectivity index (χ0n) is 8.16. The Morgan fingerprint density at radius 1 is 1.71 bits per heavy atom. The predicted octanol–water partition coefficient (Wildman–Crippen LogP) is 2.29. The van der Waals surface area contributed by atoms with Crippen LogP contribution >= 0.6 is 27.3 Å². The summed E-state index contributed by atoms with van der Waals surface area (Å²) >= 11 is 4.75. The molecule has 0 saturated heterocycles. The predicted molar refractivity (Wildman–Crippen MR) is 62.0 cm³/mol. The molecule has 0 aromatic carbocycles. The summed E-state index contributed by atoms with van der Waals surface area (Å²) in [6, 6.07) is 0.170. The summed E-state index contributed by atoms with van der Waals surface area (Å²) in [6.45, 7) is 4.09. The fourth-order valence-electron chi connectivity index (χ4n) is 0.882. The topological polar surface area (TPSA) is 42.0 Å². The quantitative estimate of drug-likeness (QED) is 0.858. The number of alkyl halides is 1. The van der Waals surface area contributed by atoms with Crippen molar-refractivity contribution in [2.24, 2.45) is 5.92 Å². The summed E-state index contributed by atoms with van der Waals surface area (Å²) in [5.74, 6) is 0.389. The lowest BCUT2D eigenvalue weighted by molar-refractivity contribution is 0.0935. The van der Waals surface area contributed by atoms with Crippen LogP contribution in [-0.2, 0) is 0 Å². The highest BCUT2D eigenvalue weighted by molar-refractivity contribution is 9.09. The maximum atomic E-state index is 11.6. The second kappa shape index (κ2) is 5.46. The molecule has 3 nitrogen and oxygen atoms in total. The average Bonchev–Trinajstić information content (AvgIpc) is 2.69. The highest BCUT2D eigenvalue weighted by Crippen LogP contribution is 2.09. The molecule has 0 spiro atoms. The lowest BCUT2D eigenvalue weighted by atomic mass is 10.1. The number of rotatable bonds is 4. The Hall–Kier alpha value is -0.420. The van der Waals surface area contributed by atoms with Gasteiger partial charge in [0, 0.05) is 11.4 Å². The molecule has 78 valence electrons. The van der Waals surface area contributed by atoms with Gasteiger partial charge in [-0.2, -0.15) is 0 Å². The molecule has 1 rings (SSSR count). The Kier molecular flexibility index (Phi) is 4.54. The largest absolute Gasteiger partial charge is 0.349 e. The molecule has 5 heteroatoms. The summed E-state index contributed by atoms with van der Waals surface area (Å²) in [5, 5.41) is 3.82. The maximum absolute atomic E-state index is 11.6. The Labute approximate surface area is 96.1 Å². The van der Waals surface area contributed by atoms with Gasteiger partial charge in [-0.3, -0.25) is 9.78 Å². The van der Waals surface area contributed by atoms with Gasteiger partial charge in [-0.1, -0.05) is 22.9 Å². The molecule has 1 aromatic heterocycles. The first-order valence-electron chi connectivity index (χ1n) is 4.40. The van der Waals surface area contributed by atoms with Crippen molar-refractivity contribution in [2.75, 3.05) is 5.33 Å². The van der Waals surface area contributed by atoms with Crippen LogP contribution in [0.1, 0.15) is 23.5 Å². The van der Waals surface area contributed by atoms with Crippen molar-refractivity contribution < 1.29 is 4.79 Å². The van der Waals surface area contributed by atoms with Gasteiger partial charge in [0.25, 0.3) is 5.91 Å². The van der Waals surface area contributed by atoms with Crippen molar-refractivity contribution in [3.05, 3.63) is 16.6 Å². The normalized spacial score (nSPS) is 14.8. The van der Waals surface area contributed by atoms with Gasteiger partial charge in [0.05, 0.1) is 11.7 Å². The van der Waals surface area contributed by atoms with Crippen LogP contribution in [0.5, 0.6) is 0 Å². The van der Waals surface area contributed by atoms with Crippen LogP contribution in [0.15, 0.2) is 11.7 Å². The Balaban J connectivity index is 2.49. The van der Waals surface area contributed by atoms with Gasteiger partial charge < -0.3 is 5.32 Å². The van der Waals surface area contributed by atoms with E-state index in [1.165, 1.54) is 11.3 Å². The Morgan fingerprint density at radius 3 is 2.93 bits per heavy atom. The van der Waals surface area contributed by atoms with Crippen LogP contribution in [0.3, 0.4) is 0 Å². The summed E-state index contributed by atoms with van der Waals surface area (Å²) in [4.78, 5) is 16.1. The first-order chi connectivity index (χ1) is 6.65. The van der Waals surface area contributed by atoms with E-state index >= 15 is 0 Å². The van der Waals surface area contributed by atoms with Crippen LogP contribution in [0.4, 0.5) is 0 Å². The monoisotopic (exact) mass is 276 g/mol. The van der Waals surface area contributed by atoms with Crippen LogP contribution in [0.2, 0.25) is 0 Å². The molecule has 2 unspecified atom stereocenters. The highest BCUT2D eigenvalue weighted by atomic mass is 79.9. The first-order valence-corrected chi connectivity index (χ1v) is 6.40. The number of carbonyl (C=O) groups excluding carboxylic acids is 1. The van der Waals surface area contributed by atoms with Crippen LogP contribution < -0.4 is 5.32 Å². The third-order valence-electron chi connectivity index (χ3n) is 2.11. The van der Waals surface area contributed by atoms with Crippen LogP contribution in [0.25, 0.3) is 0 Å². The van der Waals surface area contributed by atoms with E-state index < -0.39 is 0 Å². The summed E-state index contributed by atoms with van der Waals surface area (Å²) in [7, 11) is 0. The Bertz CT molecular complexity index is 289. The minimum Gasteiger partial charge on any atom is -0.349 e. The number of amides is 1. The molecule has 0 aliphatic rings. The van der Waals surface area contributed by atoms with E-state index in [1.807, 2.05) is 6.92 Å². The van der Waals surface area contributed by atoms with Crippen molar-refractivity contribution >= 4 is 33.2 Å². The van der Waals surface area contributed by atoms with E-state index in [9.17, 15) is 4.79 Å². The second-order valence-corrected chi connectivity index (χ2v) is 4.79. The van der Waals surface area contributed by atoms with Crippen molar-refractivity contribution in [3.8, 4) is 0 Å². The summed E-state index contributed by atoms with van der Waals surface area (Å²) in [6.07, 6.45) is 1.59. The number of nitrogens with one attached hydrogen (secondary N) is 1. The number of hydrogen-bond acceptors (Lipinski definition) is 3. The number of hydrogen-bond donors (Lipinski definition) is 1. The number of aromatic nitrogens is 1. The smallest absolute Gasteiger partial charge is 0.263 e. The molecule has 0 fully saturated rings. The van der Waals surface area contributed by atoms with E-state index in [0.717, 1.165) is 5.33 Å². The molecule has 0 bridgehead atoms. The average molecular weight is 277 g/mol. The molecule has 14 heavy (non-hydrogen) atoms. The Morgan fingerprint density at radius 2 is 2.43 bits per heavy atom. The van der Waals surface area contributed by atoms with Gasteiger partial charge in [-0.05, 0) is 12.8 Å². The molecule has 0 saturated carbocycles. The summed E-state index contributed by atoms with van der Waals surface area (Å²) < 4.78 is 0. The van der Waals surface area contributed by atoms with Crippen LogP contribution in [-0.4, -0.2) is 22.3 Å². The van der Waals surface area contributed by atoms with Gasteiger partial charge in [0.2, 0.25) is 0 Å². The summed E-state index contributed by atoms with van der Waals surface area (Å²) in [5.41, 5.74) is 1.66. The fraction of sp³-hybridized carbons (Fsp3) is 0.556. The molecule has 1 N–H and O–H groups in total. The van der Waals surface area contributed by atoms with Gasteiger partial charge in [-0.15, -0.1) is 11.3 Å². The number of nitrogens with zero attached hydrogens (tertiary/aromatic N) is 1.